The second-order valence-electron chi connectivity index (χ2n) is 9.85. The summed E-state index contributed by atoms with van der Waals surface area (Å²) in [6, 6.07) is 7.11. The molecule has 2 unspecified atom stereocenters. The van der Waals surface area contributed by atoms with Crippen LogP contribution in [0.3, 0.4) is 0 Å². The second-order valence-corrected chi connectivity index (χ2v) is 9.85. The highest BCUT2D eigenvalue weighted by atomic mass is 16.3. The zero-order chi connectivity index (χ0) is 25.6. The fraction of sp³-hybridized carbons (Fsp3) is 0.400. The van der Waals surface area contributed by atoms with Gasteiger partial charge in [-0.15, -0.1) is 0 Å². The first-order valence-electron chi connectivity index (χ1n) is 11.2. The molecule has 0 aliphatic heterocycles. The number of phenolic OH excluding ortho intramolecular Hbond substituents is 1. The van der Waals surface area contributed by atoms with Gasteiger partial charge in [0.25, 0.3) is 0 Å². The van der Waals surface area contributed by atoms with E-state index in [1.54, 1.807) is 30.3 Å². The number of fused-ring (bicyclic) bond motifs is 4. The van der Waals surface area contributed by atoms with Crippen LogP contribution in [0.5, 0.6) is 5.75 Å². The van der Waals surface area contributed by atoms with E-state index in [9.17, 15) is 39.3 Å². The van der Waals surface area contributed by atoms with Gasteiger partial charge >= 0.3 is 0 Å². The lowest BCUT2D eigenvalue weighted by molar-refractivity contribution is -0.195. The third kappa shape index (κ3) is 2.84. The zero-order valence-electron chi connectivity index (χ0n) is 19.0. The number of aliphatic hydroxyl groups is 2. The summed E-state index contributed by atoms with van der Waals surface area (Å²) < 4.78 is 0. The number of carbonyl (C=O) groups excluding carboxylic acids is 5. The van der Waals surface area contributed by atoms with E-state index in [1.165, 1.54) is 19.0 Å². The van der Waals surface area contributed by atoms with Crippen LogP contribution < -0.4 is 5.73 Å². The van der Waals surface area contributed by atoms with Crippen LogP contribution in [-0.2, 0) is 25.6 Å². The molecule has 2 aromatic carbocycles. The molecule has 1 amide bonds. The summed E-state index contributed by atoms with van der Waals surface area (Å²) in [6.45, 7) is 0. The number of benzene rings is 2. The summed E-state index contributed by atoms with van der Waals surface area (Å²) in [5.41, 5.74) is 2.60. The number of rotatable bonds is 2. The van der Waals surface area contributed by atoms with Crippen molar-refractivity contribution >= 4 is 39.8 Å². The van der Waals surface area contributed by atoms with Gasteiger partial charge in [-0.2, -0.15) is 0 Å². The lowest BCUT2D eigenvalue weighted by Crippen LogP contribution is -2.77. The Labute approximate surface area is 199 Å². The van der Waals surface area contributed by atoms with Gasteiger partial charge in [0.2, 0.25) is 5.91 Å². The van der Waals surface area contributed by atoms with Crippen molar-refractivity contribution in [2.75, 3.05) is 14.1 Å². The number of carbonyl (C=O) groups is 5. The highest BCUT2D eigenvalue weighted by molar-refractivity contribution is 6.32. The van der Waals surface area contributed by atoms with Gasteiger partial charge in [0.15, 0.2) is 34.7 Å². The van der Waals surface area contributed by atoms with Gasteiger partial charge in [-0.1, -0.05) is 30.3 Å². The molecule has 7 atom stereocenters. The topological polar surface area (TPSA) is 175 Å². The van der Waals surface area contributed by atoms with Gasteiger partial charge in [-0.3, -0.25) is 28.9 Å². The predicted octanol–water partition coefficient (Wildman–Crippen LogP) is -1.01. The van der Waals surface area contributed by atoms with Crippen LogP contribution in [0.25, 0.3) is 10.8 Å². The normalized spacial score (nSPS) is 34.5. The molecule has 2 aromatic rings. The molecule has 0 bridgehead atoms. The van der Waals surface area contributed by atoms with E-state index >= 15 is 0 Å². The molecule has 10 nitrogen and oxygen atoms in total. The van der Waals surface area contributed by atoms with E-state index in [-0.39, 0.29) is 17.7 Å². The number of nitrogens with two attached hydrogens (primary N) is 1. The average Bonchev–Trinajstić information content (AvgIpc) is 2.79. The molecule has 5 rings (SSSR count). The fourth-order valence-corrected chi connectivity index (χ4v) is 6.33. The minimum Gasteiger partial charge on any atom is -0.507 e. The van der Waals surface area contributed by atoms with Crippen LogP contribution in [0.4, 0.5) is 0 Å². The quantitative estimate of drug-likeness (QED) is 0.393. The van der Waals surface area contributed by atoms with Crippen LogP contribution in [0, 0.1) is 23.7 Å². The molecule has 2 saturated carbocycles. The van der Waals surface area contributed by atoms with Crippen molar-refractivity contribution in [3.05, 3.63) is 41.5 Å². The summed E-state index contributed by atoms with van der Waals surface area (Å²) in [6.07, 6.45) is -1.63. The SMILES string of the molecule is CN(C)[C@@H]1C(=O)C(C(N)=O)C(=O)[C@@]2(O)C(=O)C3C(=O)c4c(cc5ccccc5c4O)C[C@H]3[C@H](O)[C@@H]12. The number of nitrogens with zero attached hydrogens (tertiary/aromatic N) is 1. The second kappa shape index (κ2) is 7.51. The van der Waals surface area contributed by atoms with E-state index < -0.39 is 70.5 Å². The first-order chi connectivity index (χ1) is 16.4. The molecule has 3 aliphatic rings. The van der Waals surface area contributed by atoms with Crippen molar-refractivity contribution in [3.8, 4) is 5.75 Å². The lowest BCUT2D eigenvalue weighted by Gasteiger charge is -2.54. The molecule has 10 heteroatoms. The Morgan fingerprint density at radius 2 is 1.77 bits per heavy atom. The first-order valence-corrected chi connectivity index (χ1v) is 11.2. The number of ketones is 4. The van der Waals surface area contributed by atoms with Crippen molar-refractivity contribution in [2.24, 2.45) is 29.4 Å². The largest absolute Gasteiger partial charge is 0.507 e. The van der Waals surface area contributed by atoms with Crippen molar-refractivity contribution in [3.63, 3.8) is 0 Å². The van der Waals surface area contributed by atoms with Gasteiger partial charge in [0.05, 0.1) is 29.5 Å². The Hall–Kier alpha value is -3.47. The van der Waals surface area contributed by atoms with Crippen molar-refractivity contribution < 1.29 is 39.3 Å². The van der Waals surface area contributed by atoms with Crippen molar-refractivity contribution in [1.29, 1.82) is 0 Å². The first kappa shape index (κ1) is 23.3. The molecule has 0 radical (unpaired) electrons. The number of primary amides is 1. The molecular formula is C25H24N2O8. The molecule has 0 heterocycles. The maximum atomic E-state index is 13.7. The molecule has 182 valence electrons. The molecular weight excluding hydrogens is 456 g/mol. The highest BCUT2D eigenvalue weighted by Gasteiger charge is 2.72. The number of amides is 1. The summed E-state index contributed by atoms with van der Waals surface area (Å²) in [4.78, 5) is 67.0. The zero-order valence-corrected chi connectivity index (χ0v) is 19.0. The van der Waals surface area contributed by atoms with E-state index in [2.05, 4.69) is 0 Å². The fourth-order valence-electron chi connectivity index (χ4n) is 6.33. The van der Waals surface area contributed by atoms with Crippen LogP contribution >= 0.6 is 0 Å². The summed E-state index contributed by atoms with van der Waals surface area (Å²) >= 11 is 0. The van der Waals surface area contributed by atoms with Gasteiger partial charge in [-0.25, -0.2) is 0 Å². The Bertz CT molecular complexity index is 1350. The molecule has 0 spiro atoms. The third-order valence-electron chi connectivity index (χ3n) is 7.86. The minimum atomic E-state index is -2.98. The molecule has 2 fully saturated rings. The van der Waals surface area contributed by atoms with Crippen molar-refractivity contribution in [1.82, 2.24) is 4.90 Å². The lowest BCUT2D eigenvalue weighted by atomic mass is 9.51. The average molecular weight is 480 g/mol. The van der Waals surface area contributed by atoms with Gasteiger partial charge in [0.1, 0.15) is 5.75 Å². The number of aliphatic hydroxyl groups excluding tert-OH is 1. The van der Waals surface area contributed by atoms with E-state index in [0.29, 0.717) is 16.3 Å². The number of likely N-dealkylation sites (N-methyl/N-ethyl adjacent to an activating group) is 1. The van der Waals surface area contributed by atoms with E-state index in [0.717, 1.165) is 0 Å². The predicted molar refractivity (Wildman–Crippen MR) is 120 cm³/mol. The molecule has 3 aliphatic carbocycles. The maximum Gasteiger partial charge on any atom is 0.235 e. The van der Waals surface area contributed by atoms with E-state index in [1.807, 2.05) is 0 Å². The number of phenols is 1. The Morgan fingerprint density at radius 3 is 2.40 bits per heavy atom. The number of Topliss-reactive ketones (excluding diaryl/α,β-unsaturated/α-hetero) is 4. The molecule has 0 aromatic heterocycles. The maximum absolute atomic E-state index is 13.7. The van der Waals surface area contributed by atoms with Crippen LogP contribution in [-0.4, -0.2) is 81.1 Å². The molecule has 35 heavy (non-hydrogen) atoms. The van der Waals surface area contributed by atoms with Crippen LogP contribution in [0.15, 0.2) is 30.3 Å². The Morgan fingerprint density at radius 1 is 1.11 bits per heavy atom. The van der Waals surface area contributed by atoms with Crippen molar-refractivity contribution in [2.45, 2.75) is 24.2 Å². The summed E-state index contributed by atoms with van der Waals surface area (Å²) in [5, 5.41) is 34.9. The smallest absolute Gasteiger partial charge is 0.235 e. The number of hydrogen-bond acceptors (Lipinski definition) is 9. The monoisotopic (exact) mass is 480 g/mol. The molecule has 5 N–H and O–H groups in total. The Kier molecular flexibility index (Phi) is 5.00. The summed E-state index contributed by atoms with van der Waals surface area (Å²) in [5.74, 6) is -12.4. The van der Waals surface area contributed by atoms with Crippen LogP contribution in [0.1, 0.15) is 15.9 Å². The number of hydrogen-bond donors (Lipinski definition) is 4. The van der Waals surface area contributed by atoms with E-state index in [4.69, 9.17) is 5.73 Å². The number of aromatic hydroxyl groups is 1. The molecule has 0 saturated heterocycles. The van der Waals surface area contributed by atoms with Gasteiger partial charge in [-0.05, 0) is 31.5 Å². The Balaban J connectivity index is 1.71. The van der Waals surface area contributed by atoms with Gasteiger partial charge < -0.3 is 21.1 Å². The van der Waals surface area contributed by atoms with Crippen LogP contribution in [0.2, 0.25) is 0 Å². The highest BCUT2D eigenvalue weighted by Crippen LogP contribution is 2.51. The standard InChI is InChI=1S/C25H24N2O8/c1-27(2)17-16-19(29)12-8-10-7-9-5-3-4-6-11(9)18(28)13(10)20(30)14(12)22(32)25(16,35)23(33)15(21(17)31)24(26)34/h3-7,12,14-17,19,28-29,35H,8H2,1-2H3,(H2,26,34)/t12-,14?,15?,16-,17+,19+,25+/m1/s1. The summed E-state index contributed by atoms with van der Waals surface area (Å²) in [7, 11) is 2.90. The third-order valence-corrected chi connectivity index (χ3v) is 7.86. The van der Waals surface area contributed by atoms with Gasteiger partial charge in [0, 0.05) is 11.3 Å². The minimum absolute atomic E-state index is 0.00853.